The van der Waals surface area contributed by atoms with Gasteiger partial charge in [-0.05, 0) is 29.8 Å². The van der Waals surface area contributed by atoms with Gasteiger partial charge in [0.05, 0.1) is 12.7 Å². The highest BCUT2D eigenvalue weighted by atomic mass is 35.5. The standard InChI is InChI=1S/C17H16Cl2N2O3/c18-13-3-1-4-14(19)12(13)11-16(22)20-6-8-21(9-7-20)17(23)15-5-2-10-24-15/h1-5,10H,6-9,11H2. The van der Waals surface area contributed by atoms with Crippen molar-refractivity contribution < 1.29 is 14.0 Å². The summed E-state index contributed by atoms with van der Waals surface area (Å²) in [7, 11) is 0. The minimum Gasteiger partial charge on any atom is -0.459 e. The number of nitrogens with zero attached hydrogens (tertiary/aromatic N) is 2. The zero-order chi connectivity index (χ0) is 17.1. The fourth-order valence-corrected chi connectivity index (χ4v) is 3.21. The van der Waals surface area contributed by atoms with Gasteiger partial charge in [-0.25, -0.2) is 0 Å². The van der Waals surface area contributed by atoms with Crippen LogP contribution in [0.4, 0.5) is 0 Å². The number of hydrogen-bond acceptors (Lipinski definition) is 3. The summed E-state index contributed by atoms with van der Waals surface area (Å²) < 4.78 is 5.13. The van der Waals surface area contributed by atoms with Crippen molar-refractivity contribution in [3.8, 4) is 0 Å². The smallest absolute Gasteiger partial charge is 0.289 e. The van der Waals surface area contributed by atoms with Crippen LogP contribution in [-0.2, 0) is 11.2 Å². The van der Waals surface area contributed by atoms with Crippen molar-refractivity contribution in [1.82, 2.24) is 9.80 Å². The molecule has 7 heteroatoms. The van der Waals surface area contributed by atoms with Crippen LogP contribution in [0.15, 0.2) is 41.0 Å². The Bertz CT molecular complexity index is 718. The van der Waals surface area contributed by atoms with Gasteiger partial charge in [-0.2, -0.15) is 0 Å². The van der Waals surface area contributed by atoms with Crippen LogP contribution in [0.5, 0.6) is 0 Å². The molecule has 24 heavy (non-hydrogen) atoms. The van der Waals surface area contributed by atoms with Gasteiger partial charge >= 0.3 is 0 Å². The molecule has 0 unspecified atom stereocenters. The highest BCUT2D eigenvalue weighted by molar-refractivity contribution is 6.36. The van der Waals surface area contributed by atoms with Crippen molar-refractivity contribution >= 4 is 35.0 Å². The van der Waals surface area contributed by atoms with Gasteiger partial charge < -0.3 is 14.2 Å². The molecule has 1 aliphatic heterocycles. The molecular weight excluding hydrogens is 351 g/mol. The zero-order valence-corrected chi connectivity index (χ0v) is 14.4. The summed E-state index contributed by atoms with van der Waals surface area (Å²) in [5, 5.41) is 0.977. The Kier molecular flexibility index (Phi) is 5.11. The van der Waals surface area contributed by atoms with Crippen LogP contribution in [0.1, 0.15) is 16.1 Å². The second kappa shape index (κ2) is 7.28. The number of carbonyl (C=O) groups excluding carboxylic acids is 2. The SMILES string of the molecule is O=C(Cc1c(Cl)cccc1Cl)N1CCN(C(=O)c2ccco2)CC1. The molecule has 3 rings (SSSR count). The lowest BCUT2D eigenvalue weighted by Crippen LogP contribution is -2.51. The molecule has 0 spiro atoms. The topological polar surface area (TPSA) is 53.8 Å². The van der Waals surface area contributed by atoms with Gasteiger partial charge in [-0.3, -0.25) is 9.59 Å². The summed E-state index contributed by atoms with van der Waals surface area (Å²) in [6.07, 6.45) is 1.63. The molecule has 0 atom stereocenters. The minimum absolute atomic E-state index is 0.0462. The molecule has 2 amide bonds. The van der Waals surface area contributed by atoms with E-state index in [2.05, 4.69) is 0 Å². The molecule has 2 aromatic rings. The first-order valence-electron chi connectivity index (χ1n) is 7.59. The van der Waals surface area contributed by atoms with Crippen molar-refractivity contribution in [3.63, 3.8) is 0 Å². The lowest BCUT2D eigenvalue weighted by atomic mass is 10.1. The van der Waals surface area contributed by atoms with E-state index in [-0.39, 0.29) is 18.2 Å². The van der Waals surface area contributed by atoms with E-state index in [1.54, 1.807) is 40.1 Å². The van der Waals surface area contributed by atoms with Gasteiger partial charge in [0, 0.05) is 36.2 Å². The summed E-state index contributed by atoms with van der Waals surface area (Å²) in [6.45, 7) is 1.91. The lowest BCUT2D eigenvalue weighted by molar-refractivity contribution is -0.131. The number of rotatable bonds is 3. The Balaban J connectivity index is 1.58. The second-order valence-corrected chi connectivity index (χ2v) is 6.34. The van der Waals surface area contributed by atoms with Crippen LogP contribution in [0, 0.1) is 0 Å². The van der Waals surface area contributed by atoms with Crippen molar-refractivity contribution in [3.05, 3.63) is 58.0 Å². The minimum atomic E-state index is -0.152. The third-order valence-electron chi connectivity index (χ3n) is 4.04. The molecule has 1 aromatic heterocycles. The zero-order valence-electron chi connectivity index (χ0n) is 12.9. The average molecular weight is 367 g/mol. The Hall–Kier alpha value is -1.98. The Morgan fingerprint density at radius 2 is 1.58 bits per heavy atom. The van der Waals surface area contributed by atoms with Gasteiger partial charge in [0.2, 0.25) is 5.91 Å². The van der Waals surface area contributed by atoms with Crippen molar-refractivity contribution in [2.75, 3.05) is 26.2 Å². The maximum atomic E-state index is 12.5. The fraction of sp³-hybridized carbons (Fsp3) is 0.294. The van der Waals surface area contributed by atoms with Crippen molar-refractivity contribution in [2.45, 2.75) is 6.42 Å². The summed E-state index contributed by atoms with van der Waals surface area (Å²) in [6, 6.07) is 8.50. The van der Waals surface area contributed by atoms with Gasteiger partial charge in [0.15, 0.2) is 5.76 Å². The molecule has 0 bridgehead atoms. The van der Waals surface area contributed by atoms with Crippen molar-refractivity contribution in [1.29, 1.82) is 0 Å². The maximum absolute atomic E-state index is 12.5. The molecule has 0 saturated carbocycles. The highest BCUT2D eigenvalue weighted by Crippen LogP contribution is 2.25. The summed E-state index contributed by atoms with van der Waals surface area (Å²) in [4.78, 5) is 28.1. The second-order valence-electron chi connectivity index (χ2n) is 5.53. The number of hydrogen-bond donors (Lipinski definition) is 0. The molecule has 2 heterocycles. The van der Waals surface area contributed by atoms with Crippen LogP contribution in [-0.4, -0.2) is 47.8 Å². The summed E-state index contributed by atoms with van der Waals surface area (Å²) in [5.41, 5.74) is 0.639. The number of furan rings is 1. The lowest BCUT2D eigenvalue weighted by Gasteiger charge is -2.34. The molecule has 1 aromatic carbocycles. The first-order valence-corrected chi connectivity index (χ1v) is 8.35. The van der Waals surface area contributed by atoms with Crippen LogP contribution in [0.3, 0.4) is 0 Å². The van der Waals surface area contributed by atoms with E-state index in [1.807, 2.05) is 0 Å². The van der Waals surface area contributed by atoms with E-state index in [4.69, 9.17) is 27.6 Å². The third-order valence-corrected chi connectivity index (χ3v) is 4.75. The van der Waals surface area contributed by atoms with Crippen LogP contribution >= 0.6 is 23.2 Å². The summed E-state index contributed by atoms with van der Waals surface area (Å²) in [5.74, 6) is 0.119. The van der Waals surface area contributed by atoms with Gasteiger partial charge in [-0.1, -0.05) is 29.3 Å². The quantitative estimate of drug-likeness (QED) is 0.838. The number of benzene rings is 1. The average Bonchev–Trinajstić information content (AvgIpc) is 3.12. The van der Waals surface area contributed by atoms with Gasteiger partial charge in [-0.15, -0.1) is 0 Å². The Morgan fingerprint density at radius 3 is 2.17 bits per heavy atom. The fourth-order valence-electron chi connectivity index (χ4n) is 2.68. The van der Waals surface area contributed by atoms with E-state index in [0.717, 1.165) is 0 Å². The molecule has 0 aliphatic carbocycles. The van der Waals surface area contributed by atoms with Crippen LogP contribution in [0.25, 0.3) is 0 Å². The van der Waals surface area contributed by atoms with E-state index >= 15 is 0 Å². The third kappa shape index (κ3) is 3.57. The monoisotopic (exact) mass is 366 g/mol. The Labute approximate surface area is 149 Å². The summed E-state index contributed by atoms with van der Waals surface area (Å²) >= 11 is 12.2. The molecular formula is C17H16Cl2N2O3. The maximum Gasteiger partial charge on any atom is 0.289 e. The molecule has 5 nitrogen and oxygen atoms in total. The number of carbonyl (C=O) groups is 2. The molecule has 1 saturated heterocycles. The predicted octanol–water partition coefficient (Wildman–Crippen LogP) is 3.11. The number of amides is 2. The normalized spacial score (nSPS) is 14.8. The number of piperazine rings is 1. The van der Waals surface area contributed by atoms with E-state index in [1.165, 1.54) is 6.26 Å². The van der Waals surface area contributed by atoms with E-state index in [9.17, 15) is 9.59 Å². The molecule has 1 aliphatic rings. The molecule has 1 fully saturated rings. The predicted molar refractivity (Wildman–Crippen MR) is 91.4 cm³/mol. The van der Waals surface area contributed by atoms with Crippen LogP contribution < -0.4 is 0 Å². The molecule has 0 radical (unpaired) electrons. The van der Waals surface area contributed by atoms with E-state index < -0.39 is 0 Å². The van der Waals surface area contributed by atoms with Gasteiger partial charge in [0.1, 0.15) is 0 Å². The highest BCUT2D eigenvalue weighted by Gasteiger charge is 2.26. The number of halogens is 2. The Morgan fingerprint density at radius 1 is 0.958 bits per heavy atom. The largest absolute Gasteiger partial charge is 0.459 e. The molecule has 0 N–H and O–H groups in total. The van der Waals surface area contributed by atoms with Crippen LogP contribution in [0.2, 0.25) is 10.0 Å². The first-order chi connectivity index (χ1) is 11.6. The van der Waals surface area contributed by atoms with E-state index in [0.29, 0.717) is 47.5 Å². The molecule has 126 valence electrons. The van der Waals surface area contributed by atoms with Crippen molar-refractivity contribution in [2.24, 2.45) is 0 Å². The first kappa shape index (κ1) is 16.9. The van der Waals surface area contributed by atoms with Gasteiger partial charge in [0.25, 0.3) is 5.91 Å².